The fraction of sp³-hybridized carbons (Fsp3) is 0. The second kappa shape index (κ2) is 4.09. The zero-order chi connectivity index (χ0) is 11.8. The first kappa shape index (κ1) is 10.7. The van der Waals surface area contributed by atoms with E-state index >= 15 is 0 Å². The van der Waals surface area contributed by atoms with E-state index in [1.807, 2.05) is 18.2 Å². The Kier molecular flexibility index (Phi) is 2.57. The number of hydrogen-bond donors (Lipinski definition) is 0. The lowest BCUT2D eigenvalue weighted by molar-refractivity contribution is 0.659. The molecule has 0 saturated carbocycles. The Morgan fingerprint density at radius 3 is 2.59 bits per heavy atom. The maximum absolute atomic E-state index is 12.2. The highest BCUT2D eigenvalue weighted by Crippen LogP contribution is 2.26. The first-order valence-electron chi connectivity index (χ1n) is 5.04. The molecule has 0 unspecified atom stereocenters. The molecule has 1 aromatic heterocycles. The molecule has 0 amide bonds. The van der Waals surface area contributed by atoms with Crippen molar-refractivity contribution in [2.45, 2.75) is 4.90 Å². The standard InChI is InChI=1S/C13H7ClO2S/c14-17-8-5-6-12-10(7-8)13(15)9-3-1-2-4-11(9)16-12/h1-7H. The Morgan fingerprint density at radius 2 is 1.76 bits per heavy atom. The molecule has 4 heteroatoms. The van der Waals surface area contributed by atoms with E-state index < -0.39 is 0 Å². The van der Waals surface area contributed by atoms with Crippen LogP contribution >= 0.6 is 21.7 Å². The summed E-state index contributed by atoms with van der Waals surface area (Å²) in [5, 5.41) is 1.16. The molecule has 3 rings (SSSR count). The number of rotatable bonds is 1. The molecule has 0 N–H and O–H groups in total. The van der Waals surface area contributed by atoms with Crippen molar-refractivity contribution in [2.75, 3.05) is 0 Å². The van der Waals surface area contributed by atoms with Crippen LogP contribution < -0.4 is 5.43 Å². The number of halogens is 1. The topological polar surface area (TPSA) is 30.2 Å². The molecule has 0 atom stereocenters. The molecule has 2 aromatic carbocycles. The van der Waals surface area contributed by atoms with Crippen molar-refractivity contribution in [1.29, 1.82) is 0 Å². The summed E-state index contributed by atoms with van der Waals surface area (Å²) in [7, 11) is 6.77. The van der Waals surface area contributed by atoms with Crippen LogP contribution in [0.25, 0.3) is 21.9 Å². The smallest absolute Gasteiger partial charge is 0.200 e. The Bertz CT molecular complexity index is 764. The fourth-order valence-corrected chi connectivity index (χ4v) is 2.40. The molecule has 2 nitrogen and oxygen atoms in total. The van der Waals surface area contributed by atoms with Crippen LogP contribution in [0.2, 0.25) is 0 Å². The molecule has 0 aliphatic heterocycles. The third-order valence-corrected chi connectivity index (χ3v) is 3.60. The molecular formula is C13H7ClO2S. The van der Waals surface area contributed by atoms with E-state index in [1.165, 1.54) is 0 Å². The molecule has 84 valence electrons. The summed E-state index contributed by atoms with van der Waals surface area (Å²) >= 11 is 0. The first-order chi connectivity index (χ1) is 8.29. The van der Waals surface area contributed by atoms with Gasteiger partial charge in [0.15, 0.2) is 0 Å². The molecule has 0 spiro atoms. The maximum atomic E-state index is 12.2. The summed E-state index contributed by atoms with van der Waals surface area (Å²) in [6, 6.07) is 12.6. The van der Waals surface area contributed by atoms with Crippen molar-refractivity contribution >= 4 is 43.6 Å². The Balaban J connectivity index is 2.51. The molecule has 3 aromatic rings. The number of hydrogen-bond acceptors (Lipinski definition) is 3. The number of para-hydroxylation sites is 1. The van der Waals surface area contributed by atoms with Crippen LogP contribution in [0.3, 0.4) is 0 Å². The number of fused-ring (bicyclic) bond motifs is 2. The van der Waals surface area contributed by atoms with Gasteiger partial charge in [0, 0.05) is 4.90 Å². The fourth-order valence-electron chi connectivity index (χ4n) is 1.83. The number of benzene rings is 2. The molecule has 1 heterocycles. The highest BCUT2D eigenvalue weighted by Gasteiger charge is 2.07. The molecular weight excluding hydrogens is 256 g/mol. The molecule has 0 aliphatic rings. The third kappa shape index (κ3) is 1.72. The van der Waals surface area contributed by atoms with Crippen LogP contribution in [0, 0.1) is 0 Å². The van der Waals surface area contributed by atoms with Crippen LogP contribution in [-0.4, -0.2) is 0 Å². The second-order valence-corrected chi connectivity index (χ2v) is 4.75. The minimum absolute atomic E-state index is 0.0191. The van der Waals surface area contributed by atoms with E-state index in [0.717, 1.165) is 15.9 Å². The molecule has 0 aliphatic carbocycles. The van der Waals surface area contributed by atoms with Crippen molar-refractivity contribution in [1.82, 2.24) is 0 Å². The maximum Gasteiger partial charge on any atom is 0.200 e. The Morgan fingerprint density at radius 1 is 1.00 bits per heavy atom. The predicted molar refractivity (Wildman–Crippen MR) is 71.7 cm³/mol. The lowest BCUT2D eigenvalue weighted by Gasteiger charge is -2.01. The van der Waals surface area contributed by atoms with Gasteiger partial charge in [0.05, 0.1) is 10.8 Å². The van der Waals surface area contributed by atoms with Crippen molar-refractivity contribution in [3.63, 3.8) is 0 Å². The van der Waals surface area contributed by atoms with Crippen molar-refractivity contribution in [2.24, 2.45) is 0 Å². The average molecular weight is 263 g/mol. The lowest BCUT2D eigenvalue weighted by atomic mass is 10.1. The summed E-state index contributed by atoms with van der Waals surface area (Å²) in [5.74, 6) is 0. The van der Waals surface area contributed by atoms with Crippen molar-refractivity contribution in [3.8, 4) is 0 Å². The minimum Gasteiger partial charge on any atom is -0.456 e. The molecule has 0 fully saturated rings. The van der Waals surface area contributed by atoms with E-state index in [1.54, 1.807) is 24.3 Å². The first-order valence-corrected chi connectivity index (χ1v) is 6.68. The summed E-state index contributed by atoms with van der Waals surface area (Å²) < 4.78 is 5.67. The van der Waals surface area contributed by atoms with E-state index in [-0.39, 0.29) is 5.43 Å². The van der Waals surface area contributed by atoms with Crippen LogP contribution in [0.5, 0.6) is 0 Å². The van der Waals surface area contributed by atoms with Gasteiger partial charge in [-0.15, -0.1) is 0 Å². The molecule has 17 heavy (non-hydrogen) atoms. The predicted octanol–water partition coefficient (Wildman–Crippen LogP) is 4.19. The van der Waals surface area contributed by atoms with Gasteiger partial charge in [-0.05, 0) is 52.0 Å². The van der Waals surface area contributed by atoms with Gasteiger partial charge in [-0.1, -0.05) is 12.1 Å². The summed E-state index contributed by atoms with van der Waals surface area (Å²) in [6.07, 6.45) is 0. The quantitative estimate of drug-likeness (QED) is 0.616. The second-order valence-electron chi connectivity index (χ2n) is 3.66. The van der Waals surface area contributed by atoms with Crippen LogP contribution in [-0.2, 0) is 0 Å². The van der Waals surface area contributed by atoms with Gasteiger partial charge in [0.1, 0.15) is 11.2 Å². The van der Waals surface area contributed by atoms with E-state index in [2.05, 4.69) is 0 Å². The Labute approximate surface area is 106 Å². The molecule has 0 bridgehead atoms. The van der Waals surface area contributed by atoms with Crippen molar-refractivity contribution in [3.05, 3.63) is 52.7 Å². The highest BCUT2D eigenvalue weighted by molar-refractivity contribution is 8.21. The van der Waals surface area contributed by atoms with E-state index in [0.29, 0.717) is 21.9 Å². The van der Waals surface area contributed by atoms with Gasteiger partial charge < -0.3 is 4.42 Å². The molecule has 0 radical (unpaired) electrons. The SMILES string of the molecule is O=c1c2ccccc2oc2ccc(SCl)cc12. The Hall–Kier alpha value is -1.45. The van der Waals surface area contributed by atoms with Gasteiger partial charge >= 0.3 is 0 Å². The van der Waals surface area contributed by atoms with E-state index in [9.17, 15) is 4.79 Å². The lowest BCUT2D eigenvalue weighted by Crippen LogP contribution is -2.01. The summed E-state index contributed by atoms with van der Waals surface area (Å²) in [6.45, 7) is 0. The summed E-state index contributed by atoms with van der Waals surface area (Å²) in [5.41, 5.74) is 1.17. The largest absolute Gasteiger partial charge is 0.456 e. The van der Waals surface area contributed by atoms with Gasteiger partial charge in [-0.25, -0.2) is 0 Å². The zero-order valence-electron chi connectivity index (χ0n) is 8.64. The van der Waals surface area contributed by atoms with E-state index in [4.69, 9.17) is 15.1 Å². The van der Waals surface area contributed by atoms with Crippen LogP contribution in [0.1, 0.15) is 0 Å². The van der Waals surface area contributed by atoms with Crippen LogP contribution in [0.15, 0.2) is 56.6 Å². The van der Waals surface area contributed by atoms with Crippen LogP contribution in [0.4, 0.5) is 0 Å². The van der Waals surface area contributed by atoms with Gasteiger partial charge in [-0.3, -0.25) is 4.79 Å². The third-order valence-electron chi connectivity index (χ3n) is 2.64. The average Bonchev–Trinajstić information content (AvgIpc) is 2.39. The minimum atomic E-state index is -0.0191. The monoisotopic (exact) mass is 262 g/mol. The van der Waals surface area contributed by atoms with Gasteiger partial charge in [0.2, 0.25) is 5.43 Å². The van der Waals surface area contributed by atoms with Gasteiger partial charge in [-0.2, -0.15) is 0 Å². The van der Waals surface area contributed by atoms with Crippen molar-refractivity contribution < 1.29 is 4.42 Å². The normalized spacial score (nSPS) is 11.1. The molecule has 0 saturated heterocycles. The zero-order valence-corrected chi connectivity index (χ0v) is 10.2. The summed E-state index contributed by atoms with van der Waals surface area (Å²) in [4.78, 5) is 13.1. The van der Waals surface area contributed by atoms with Gasteiger partial charge in [0.25, 0.3) is 0 Å². The highest BCUT2D eigenvalue weighted by atomic mass is 35.7.